The Balaban J connectivity index is 1.61. The molecule has 3 aromatic rings. The van der Waals surface area contributed by atoms with Gasteiger partial charge >= 0.3 is 0 Å². The third-order valence-electron chi connectivity index (χ3n) is 5.47. The Kier molecular flexibility index (Phi) is 6.49. The van der Waals surface area contributed by atoms with Gasteiger partial charge in [-0.25, -0.2) is 0 Å². The number of hydrogen-bond acceptors (Lipinski definition) is 6. The number of aromatic nitrogens is 2. The highest BCUT2D eigenvalue weighted by Crippen LogP contribution is 2.29. The number of carbonyl (C=O) groups is 2. The molecule has 1 saturated heterocycles. The Morgan fingerprint density at radius 2 is 1.78 bits per heavy atom. The first-order valence-corrected chi connectivity index (χ1v) is 10.8. The number of benzene rings is 2. The number of ether oxygens (including phenoxy) is 1. The minimum Gasteiger partial charge on any atom is -0.493 e. The van der Waals surface area contributed by atoms with Crippen LogP contribution in [-0.4, -0.2) is 58.0 Å². The summed E-state index contributed by atoms with van der Waals surface area (Å²) in [7, 11) is 0. The molecule has 4 rings (SSSR count). The van der Waals surface area contributed by atoms with Gasteiger partial charge in [-0.3, -0.25) is 9.59 Å². The minimum absolute atomic E-state index is 0.122. The van der Waals surface area contributed by atoms with Gasteiger partial charge in [0.05, 0.1) is 12.2 Å². The molecule has 1 aliphatic rings. The summed E-state index contributed by atoms with van der Waals surface area (Å²) in [4.78, 5) is 34.5. The minimum atomic E-state index is -0.413. The van der Waals surface area contributed by atoms with Gasteiger partial charge in [0, 0.05) is 25.2 Å². The molecule has 32 heavy (non-hydrogen) atoms. The number of aryl methyl sites for hydroxylation is 1. The van der Waals surface area contributed by atoms with E-state index in [0.717, 1.165) is 0 Å². The average molecular weight is 434 g/mol. The van der Waals surface area contributed by atoms with Crippen molar-refractivity contribution in [3.63, 3.8) is 0 Å². The molecule has 1 fully saturated rings. The largest absolute Gasteiger partial charge is 0.493 e. The number of hydrogen-bond donors (Lipinski definition) is 0. The molecule has 2 aromatic carbocycles. The standard InChI is InChI=1S/C24H26N4O4/c1-3-31-21-12-8-7-11-19(21)24(30)27-14-13-20(22-25-17(2)26-32-22)28(16-15-27)23(29)18-9-5-4-6-10-18/h4-12,20H,3,13-16H2,1-2H3. The van der Waals surface area contributed by atoms with Gasteiger partial charge < -0.3 is 19.1 Å². The van der Waals surface area contributed by atoms with E-state index in [1.54, 1.807) is 41.0 Å². The van der Waals surface area contributed by atoms with Crippen molar-refractivity contribution in [1.29, 1.82) is 0 Å². The molecule has 0 saturated carbocycles. The fourth-order valence-corrected chi connectivity index (χ4v) is 3.92. The zero-order chi connectivity index (χ0) is 22.5. The van der Waals surface area contributed by atoms with Crippen molar-refractivity contribution in [3.8, 4) is 5.75 Å². The van der Waals surface area contributed by atoms with Gasteiger partial charge in [-0.2, -0.15) is 4.98 Å². The van der Waals surface area contributed by atoms with Crippen LogP contribution >= 0.6 is 0 Å². The molecule has 8 nitrogen and oxygen atoms in total. The first-order chi connectivity index (χ1) is 15.6. The van der Waals surface area contributed by atoms with Crippen molar-refractivity contribution >= 4 is 11.8 Å². The third-order valence-corrected chi connectivity index (χ3v) is 5.47. The van der Waals surface area contributed by atoms with Crippen LogP contribution in [0.5, 0.6) is 5.75 Å². The Morgan fingerprint density at radius 3 is 2.50 bits per heavy atom. The zero-order valence-electron chi connectivity index (χ0n) is 18.2. The number of nitrogens with zero attached hydrogens (tertiary/aromatic N) is 4. The van der Waals surface area contributed by atoms with Crippen LogP contribution in [0.1, 0.15) is 51.8 Å². The predicted molar refractivity (Wildman–Crippen MR) is 117 cm³/mol. The molecular formula is C24H26N4O4. The summed E-state index contributed by atoms with van der Waals surface area (Å²) in [5, 5.41) is 3.90. The summed E-state index contributed by atoms with van der Waals surface area (Å²) in [6.07, 6.45) is 0.489. The maximum absolute atomic E-state index is 13.3. The molecule has 1 unspecified atom stereocenters. The van der Waals surface area contributed by atoms with Crippen molar-refractivity contribution in [3.05, 3.63) is 77.4 Å². The number of amides is 2. The van der Waals surface area contributed by atoms with Gasteiger partial charge in [0.1, 0.15) is 11.8 Å². The molecule has 2 amide bonds. The van der Waals surface area contributed by atoms with Gasteiger partial charge in [0.15, 0.2) is 5.82 Å². The van der Waals surface area contributed by atoms with E-state index < -0.39 is 6.04 Å². The van der Waals surface area contributed by atoms with Gasteiger partial charge in [0.2, 0.25) is 5.89 Å². The molecule has 0 radical (unpaired) electrons. The highest BCUT2D eigenvalue weighted by Gasteiger charge is 2.34. The monoisotopic (exact) mass is 434 g/mol. The lowest BCUT2D eigenvalue weighted by Gasteiger charge is -2.27. The smallest absolute Gasteiger partial charge is 0.257 e. The Bertz CT molecular complexity index is 1080. The van der Waals surface area contributed by atoms with Crippen molar-refractivity contribution in [2.75, 3.05) is 26.2 Å². The lowest BCUT2D eigenvalue weighted by molar-refractivity contribution is 0.0641. The second-order valence-corrected chi connectivity index (χ2v) is 7.57. The van der Waals surface area contributed by atoms with Gasteiger partial charge in [-0.1, -0.05) is 35.5 Å². The molecule has 1 atom stereocenters. The summed E-state index contributed by atoms with van der Waals surface area (Å²) < 4.78 is 11.1. The maximum Gasteiger partial charge on any atom is 0.257 e. The van der Waals surface area contributed by atoms with Crippen LogP contribution in [0.15, 0.2) is 59.1 Å². The zero-order valence-corrected chi connectivity index (χ0v) is 18.2. The van der Waals surface area contributed by atoms with Crippen molar-refractivity contribution in [2.45, 2.75) is 26.3 Å². The summed E-state index contributed by atoms with van der Waals surface area (Å²) in [5.41, 5.74) is 1.09. The van der Waals surface area contributed by atoms with Crippen LogP contribution in [-0.2, 0) is 0 Å². The molecule has 1 aliphatic heterocycles. The van der Waals surface area contributed by atoms with Gasteiger partial charge in [-0.05, 0) is 44.5 Å². The highest BCUT2D eigenvalue weighted by atomic mass is 16.5. The summed E-state index contributed by atoms with van der Waals surface area (Å²) in [5.74, 6) is 1.20. The quantitative estimate of drug-likeness (QED) is 0.611. The summed E-state index contributed by atoms with van der Waals surface area (Å²) in [6.45, 7) is 5.29. The van der Waals surface area contributed by atoms with E-state index in [-0.39, 0.29) is 11.8 Å². The SMILES string of the molecule is CCOc1ccccc1C(=O)N1CCC(c2nc(C)no2)N(C(=O)c2ccccc2)CC1. The van der Waals surface area contributed by atoms with Crippen molar-refractivity contribution < 1.29 is 18.8 Å². The third kappa shape index (κ3) is 4.49. The molecule has 166 valence electrons. The van der Waals surface area contributed by atoms with E-state index in [2.05, 4.69) is 10.1 Å². The van der Waals surface area contributed by atoms with E-state index in [1.807, 2.05) is 37.3 Å². The fourth-order valence-electron chi connectivity index (χ4n) is 3.92. The maximum atomic E-state index is 13.3. The van der Waals surface area contributed by atoms with Crippen LogP contribution in [0.2, 0.25) is 0 Å². The topological polar surface area (TPSA) is 88.8 Å². The Labute approximate surface area is 186 Å². The second-order valence-electron chi connectivity index (χ2n) is 7.57. The molecule has 8 heteroatoms. The average Bonchev–Trinajstić information content (AvgIpc) is 3.13. The second kappa shape index (κ2) is 9.64. The molecule has 2 heterocycles. The van der Waals surface area contributed by atoms with Crippen molar-refractivity contribution in [2.24, 2.45) is 0 Å². The van der Waals surface area contributed by atoms with Gasteiger partial charge in [0.25, 0.3) is 11.8 Å². The van der Waals surface area contributed by atoms with E-state index >= 15 is 0 Å². The number of para-hydroxylation sites is 1. The lowest BCUT2D eigenvalue weighted by Crippen LogP contribution is -2.38. The van der Waals surface area contributed by atoms with Crippen LogP contribution in [0.3, 0.4) is 0 Å². The molecule has 0 bridgehead atoms. The van der Waals surface area contributed by atoms with Crippen LogP contribution < -0.4 is 4.74 Å². The molecule has 0 spiro atoms. The van der Waals surface area contributed by atoms with Crippen LogP contribution in [0.4, 0.5) is 0 Å². The Morgan fingerprint density at radius 1 is 1.03 bits per heavy atom. The molecule has 1 aromatic heterocycles. The fraction of sp³-hybridized carbons (Fsp3) is 0.333. The predicted octanol–water partition coefficient (Wildman–Crippen LogP) is 3.51. The van der Waals surface area contributed by atoms with E-state index in [4.69, 9.17) is 9.26 Å². The van der Waals surface area contributed by atoms with Crippen LogP contribution in [0, 0.1) is 6.92 Å². The first kappa shape index (κ1) is 21.5. The number of carbonyl (C=O) groups excluding carboxylic acids is 2. The molecule has 0 N–H and O–H groups in total. The van der Waals surface area contributed by atoms with Gasteiger partial charge in [-0.15, -0.1) is 0 Å². The molecule has 0 aliphatic carbocycles. The van der Waals surface area contributed by atoms with E-state index in [0.29, 0.717) is 61.3 Å². The summed E-state index contributed by atoms with van der Waals surface area (Å²) in [6, 6.07) is 15.9. The van der Waals surface area contributed by atoms with Crippen molar-refractivity contribution in [1.82, 2.24) is 19.9 Å². The Hall–Kier alpha value is -3.68. The van der Waals surface area contributed by atoms with E-state index in [1.165, 1.54) is 0 Å². The number of rotatable bonds is 5. The summed E-state index contributed by atoms with van der Waals surface area (Å²) >= 11 is 0. The first-order valence-electron chi connectivity index (χ1n) is 10.8. The highest BCUT2D eigenvalue weighted by molar-refractivity contribution is 5.97. The lowest BCUT2D eigenvalue weighted by atomic mass is 10.1. The normalized spacial score (nSPS) is 16.5. The van der Waals surface area contributed by atoms with E-state index in [9.17, 15) is 9.59 Å². The van der Waals surface area contributed by atoms with Crippen LogP contribution in [0.25, 0.3) is 0 Å². The molecular weight excluding hydrogens is 408 g/mol.